The van der Waals surface area contributed by atoms with Gasteiger partial charge in [0.2, 0.25) is 5.91 Å². The molecule has 8 nitrogen and oxygen atoms in total. The molecule has 0 radical (unpaired) electrons. The molecule has 8 heteroatoms. The van der Waals surface area contributed by atoms with Crippen molar-refractivity contribution in [3.05, 3.63) is 65.9 Å². The predicted octanol–water partition coefficient (Wildman–Crippen LogP) is 3.51. The van der Waals surface area contributed by atoms with Gasteiger partial charge in [0, 0.05) is 51.4 Å². The number of ether oxygens (including phenoxy) is 2. The quantitative estimate of drug-likeness (QED) is 0.562. The van der Waals surface area contributed by atoms with E-state index in [0.717, 1.165) is 17.5 Å². The summed E-state index contributed by atoms with van der Waals surface area (Å²) in [6, 6.07) is 15.5. The zero-order valence-electron chi connectivity index (χ0n) is 21.1. The van der Waals surface area contributed by atoms with Crippen LogP contribution in [0.25, 0.3) is 11.3 Å². The van der Waals surface area contributed by atoms with E-state index in [1.165, 1.54) is 0 Å². The van der Waals surface area contributed by atoms with E-state index in [1.807, 2.05) is 79.2 Å². The minimum absolute atomic E-state index is 0.0788. The molecular formula is C28H32N4O4. The van der Waals surface area contributed by atoms with Gasteiger partial charge in [-0.1, -0.05) is 30.3 Å². The normalized spacial score (nSPS) is 16.0. The highest BCUT2D eigenvalue weighted by atomic mass is 16.5. The van der Waals surface area contributed by atoms with E-state index in [-0.39, 0.29) is 11.8 Å². The van der Waals surface area contributed by atoms with Crippen LogP contribution in [0.15, 0.2) is 54.7 Å². The molecule has 1 saturated heterocycles. The molecule has 2 aliphatic heterocycles. The van der Waals surface area contributed by atoms with Crippen molar-refractivity contribution in [3.63, 3.8) is 0 Å². The van der Waals surface area contributed by atoms with Gasteiger partial charge in [-0.15, -0.1) is 0 Å². The van der Waals surface area contributed by atoms with E-state index < -0.39 is 5.41 Å². The van der Waals surface area contributed by atoms with Gasteiger partial charge in [-0.05, 0) is 37.6 Å². The molecule has 2 amide bonds. The van der Waals surface area contributed by atoms with E-state index in [0.29, 0.717) is 62.1 Å². The Balaban J connectivity index is 1.31. The Bertz CT molecular complexity index is 1260. The number of rotatable bonds is 4. The van der Waals surface area contributed by atoms with E-state index >= 15 is 0 Å². The SMILES string of the molecule is Cn1cc(C(=O)N2CCN(C(=O)C(C)(C)c3ccccc3)CC2)c(-c2ccc3c(c2)OCCCO3)n1. The number of benzene rings is 2. The Labute approximate surface area is 211 Å². The summed E-state index contributed by atoms with van der Waals surface area (Å²) < 4.78 is 13.2. The Morgan fingerprint density at radius 2 is 1.56 bits per heavy atom. The first-order valence-corrected chi connectivity index (χ1v) is 12.4. The van der Waals surface area contributed by atoms with Crippen molar-refractivity contribution in [3.8, 4) is 22.8 Å². The maximum atomic E-state index is 13.6. The first kappa shape index (κ1) is 23.9. The summed E-state index contributed by atoms with van der Waals surface area (Å²) >= 11 is 0. The smallest absolute Gasteiger partial charge is 0.257 e. The topological polar surface area (TPSA) is 76.9 Å². The van der Waals surface area contributed by atoms with Crippen LogP contribution in [-0.2, 0) is 17.3 Å². The average molecular weight is 489 g/mol. The molecule has 1 aromatic heterocycles. The van der Waals surface area contributed by atoms with Gasteiger partial charge in [0.25, 0.3) is 5.91 Å². The molecular weight excluding hydrogens is 456 g/mol. The Morgan fingerprint density at radius 1 is 0.889 bits per heavy atom. The summed E-state index contributed by atoms with van der Waals surface area (Å²) in [5, 5.41) is 4.59. The number of carbonyl (C=O) groups excluding carboxylic acids is 2. The monoisotopic (exact) mass is 488 g/mol. The standard InChI is InChI=1S/C28H32N4O4/c1-28(2,21-8-5-4-6-9-21)27(34)32-14-12-31(13-15-32)26(33)22-19-30(3)29-25(22)20-10-11-23-24(18-20)36-17-7-16-35-23/h4-6,8-11,18-19H,7,12-17H2,1-3H3. The summed E-state index contributed by atoms with van der Waals surface area (Å²) in [4.78, 5) is 30.6. The van der Waals surface area contributed by atoms with Crippen LogP contribution in [0.5, 0.6) is 11.5 Å². The van der Waals surface area contributed by atoms with Gasteiger partial charge in [-0.2, -0.15) is 5.10 Å². The Morgan fingerprint density at radius 3 is 2.28 bits per heavy atom. The molecule has 5 rings (SSSR count). The number of hydrogen-bond acceptors (Lipinski definition) is 5. The van der Waals surface area contributed by atoms with Gasteiger partial charge in [0.05, 0.1) is 24.2 Å². The van der Waals surface area contributed by atoms with Crippen molar-refractivity contribution in [2.24, 2.45) is 7.05 Å². The summed E-state index contributed by atoms with van der Waals surface area (Å²) in [5.74, 6) is 1.37. The number of carbonyl (C=O) groups is 2. The summed E-state index contributed by atoms with van der Waals surface area (Å²) in [5.41, 5.74) is 2.32. The maximum absolute atomic E-state index is 13.6. The number of nitrogens with zero attached hydrogens (tertiary/aromatic N) is 4. The third-order valence-electron chi connectivity index (χ3n) is 6.96. The van der Waals surface area contributed by atoms with Crippen LogP contribution in [0.4, 0.5) is 0 Å². The number of aryl methyl sites for hydroxylation is 1. The number of hydrogen-bond donors (Lipinski definition) is 0. The minimum atomic E-state index is -0.624. The molecule has 188 valence electrons. The molecule has 2 aliphatic rings. The molecule has 0 unspecified atom stereocenters. The highest BCUT2D eigenvalue weighted by molar-refractivity contribution is 6.00. The van der Waals surface area contributed by atoms with Crippen molar-refractivity contribution >= 4 is 11.8 Å². The number of amides is 2. The lowest BCUT2D eigenvalue weighted by Gasteiger charge is -2.38. The first-order chi connectivity index (χ1) is 17.3. The molecule has 0 bridgehead atoms. The van der Waals surface area contributed by atoms with Crippen molar-refractivity contribution in [2.75, 3.05) is 39.4 Å². The zero-order chi connectivity index (χ0) is 25.3. The van der Waals surface area contributed by atoms with Crippen molar-refractivity contribution in [1.82, 2.24) is 19.6 Å². The summed E-state index contributed by atoms with van der Waals surface area (Å²) in [6.07, 6.45) is 2.59. The Hall–Kier alpha value is -3.81. The van der Waals surface area contributed by atoms with Crippen molar-refractivity contribution in [2.45, 2.75) is 25.7 Å². The number of fused-ring (bicyclic) bond motifs is 1. The minimum Gasteiger partial charge on any atom is -0.490 e. The predicted molar refractivity (Wildman–Crippen MR) is 136 cm³/mol. The Kier molecular flexibility index (Phi) is 6.43. The second-order valence-corrected chi connectivity index (χ2v) is 9.85. The van der Waals surface area contributed by atoms with Crippen LogP contribution in [0.3, 0.4) is 0 Å². The molecule has 0 spiro atoms. The molecule has 2 aromatic carbocycles. The highest BCUT2D eigenvalue weighted by Crippen LogP contribution is 2.35. The van der Waals surface area contributed by atoms with Gasteiger partial charge in [-0.25, -0.2) is 0 Å². The zero-order valence-corrected chi connectivity index (χ0v) is 21.1. The van der Waals surface area contributed by atoms with E-state index in [9.17, 15) is 9.59 Å². The van der Waals surface area contributed by atoms with Crippen molar-refractivity contribution in [1.29, 1.82) is 0 Å². The lowest BCUT2D eigenvalue weighted by molar-refractivity contribution is -0.137. The van der Waals surface area contributed by atoms with E-state index in [4.69, 9.17) is 9.47 Å². The molecule has 0 aliphatic carbocycles. The van der Waals surface area contributed by atoms with Gasteiger partial charge in [0.15, 0.2) is 11.5 Å². The molecule has 3 aromatic rings. The number of piperazine rings is 1. The van der Waals surface area contributed by atoms with E-state index in [1.54, 1.807) is 10.9 Å². The molecule has 0 N–H and O–H groups in total. The van der Waals surface area contributed by atoms with Gasteiger partial charge in [0.1, 0.15) is 5.69 Å². The second kappa shape index (κ2) is 9.68. The molecule has 1 fully saturated rings. The van der Waals surface area contributed by atoms with Crippen LogP contribution in [-0.4, -0.2) is 70.8 Å². The molecule has 0 saturated carbocycles. The first-order valence-electron chi connectivity index (χ1n) is 12.4. The molecule has 3 heterocycles. The lowest BCUT2D eigenvalue weighted by Crippen LogP contribution is -2.54. The summed E-state index contributed by atoms with van der Waals surface area (Å²) in [7, 11) is 1.81. The highest BCUT2D eigenvalue weighted by Gasteiger charge is 2.36. The van der Waals surface area contributed by atoms with E-state index in [2.05, 4.69) is 5.10 Å². The van der Waals surface area contributed by atoms with Crippen LogP contribution in [0, 0.1) is 0 Å². The van der Waals surface area contributed by atoms with Gasteiger partial charge < -0.3 is 19.3 Å². The van der Waals surface area contributed by atoms with Crippen LogP contribution < -0.4 is 9.47 Å². The lowest BCUT2D eigenvalue weighted by atomic mass is 9.83. The molecule has 36 heavy (non-hydrogen) atoms. The second-order valence-electron chi connectivity index (χ2n) is 9.85. The molecule has 0 atom stereocenters. The fourth-order valence-electron chi connectivity index (χ4n) is 4.83. The number of aromatic nitrogens is 2. The van der Waals surface area contributed by atoms with Crippen molar-refractivity contribution < 1.29 is 19.1 Å². The fraction of sp³-hybridized carbons (Fsp3) is 0.393. The van der Waals surface area contributed by atoms with Crippen LogP contribution in [0.1, 0.15) is 36.2 Å². The fourth-order valence-corrected chi connectivity index (χ4v) is 4.83. The van der Waals surface area contributed by atoms with Crippen LogP contribution >= 0.6 is 0 Å². The largest absolute Gasteiger partial charge is 0.490 e. The maximum Gasteiger partial charge on any atom is 0.257 e. The average Bonchev–Trinajstić information content (AvgIpc) is 3.14. The van der Waals surface area contributed by atoms with Crippen LogP contribution in [0.2, 0.25) is 0 Å². The summed E-state index contributed by atoms with van der Waals surface area (Å²) in [6.45, 7) is 7.08. The van der Waals surface area contributed by atoms with Gasteiger partial charge in [-0.3, -0.25) is 14.3 Å². The van der Waals surface area contributed by atoms with Gasteiger partial charge >= 0.3 is 0 Å². The third kappa shape index (κ3) is 4.55. The third-order valence-corrected chi connectivity index (χ3v) is 6.96.